The van der Waals surface area contributed by atoms with Crippen molar-refractivity contribution in [2.45, 2.75) is 24.0 Å². The van der Waals surface area contributed by atoms with E-state index >= 15 is 0 Å². The number of ether oxygens (including phenoxy) is 1. The van der Waals surface area contributed by atoms with E-state index in [1.165, 1.54) is 11.8 Å². The molecule has 0 saturated carbocycles. The third-order valence-electron chi connectivity index (χ3n) is 3.30. The van der Waals surface area contributed by atoms with Crippen molar-refractivity contribution in [3.63, 3.8) is 0 Å². The van der Waals surface area contributed by atoms with Crippen LogP contribution in [0, 0.1) is 0 Å². The van der Waals surface area contributed by atoms with E-state index in [4.69, 9.17) is 4.74 Å². The van der Waals surface area contributed by atoms with Crippen LogP contribution in [0.1, 0.15) is 29.8 Å². The summed E-state index contributed by atoms with van der Waals surface area (Å²) < 4.78 is 5.00. The van der Waals surface area contributed by atoms with E-state index in [1.807, 2.05) is 49.4 Å². The number of carbonyl (C=O) groups excluding carboxylic acids is 2. The van der Waals surface area contributed by atoms with Crippen LogP contribution >= 0.6 is 11.8 Å². The lowest BCUT2D eigenvalue weighted by molar-refractivity contribution is -0.142. The fourth-order valence-corrected chi connectivity index (χ4v) is 2.91. The molecular formula is C20H20O3S. The van der Waals surface area contributed by atoms with Crippen LogP contribution in [0.15, 0.2) is 65.6 Å². The fourth-order valence-electron chi connectivity index (χ4n) is 2.04. The molecule has 24 heavy (non-hydrogen) atoms. The third-order valence-corrected chi connectivity index (χ3v) is 4.39. The molecule has 0 saturated heterocycles. The summed E-state index contributed by atoms with van der Waals surface area (Å²) in [7, 11) is 0. The molecule has 2 aromatic rings. The first kappa shape index (κ1) is 18.0. The van der Waals surface area contributed by atoms with Crippen molar-refractivity contribution in [1.82, 2.24) is 0 Å². The molecule has 0 radical (unpaired) electrons. The van der Waals surface area contributed by atoms with Gasteiger partial charge in [0.2, 0.25) is 0 Å². The SMILES string of the molecule is CCOC(=O)C(C)Sc1ccc(/C=C/C(=O)c2ccccc2)cc1. The van der Waals surface area contributed by atoms with Crippen LogP contribution in [0.2, 0.25) is 0 Å². The summed E-state index contributed by atoms with van der Waals surface area (Å²) in [5, 5.41) is -0.244. The number of hydrogen-bond donors (Lipinski definition) is 0. The number of hydrogen-bond acceptors (Lipinski definition) is 4. The maximum Gasteiger partial charge on any atom is 0.319 e. The first-order valence-electron chi connectivity index (χ1n) is 7.81. The number of allylic oxidation sites excluding steroid dienone is 1. The molecule has 0 aliphatic rings. The van der Waals surface area contributed by atoms with Crippen LogP contribution in [0.25, 0.3) is 6.08 Å². The minimum absolute atomic E-state index is 0.0232. The van der Waals surface area contributed by atoms with E-state index in [1.54, 1.807) is 31.2 Å². The Hall–Kier alpha value is -2.33. The van der Waals surface area contributed by atoms with E-state index < -0.39 is 0 Å². The van der Waals surface area contributed by atoms with Crippen LogP contribution in [0.5, 0.6) is 0 Å². The van der Waals surface area contributed by atoms with Gasteiger partial charge in [0.15, 0.2) is 5.78 Å². The summed E-state index contributed by atoms with van der Waals surface area (Å²) in [6, 6.07) is 16.9. The topological polar surface area (TPSA) is 43.4 Å². The Kier molecular flexibility index (Phi) is 6.82. The lowest BCUT2D eigenvalue weighted by atomic mass is 10.1. The second-order valence-electron chi connectivity index (χ2n) is 5.14. The van der Waals surface area contributed by atoms with Gasteiger partial charge in [0.25, 0.3) is 0 Å². The van der Waals surface area contributed by atoms with Crippen molar-refractivity contribution >= 4 is 29.6 Å². The van der Waals surface area contributed by atoms with Crippen molar-refractivity contribution in [3.05, 3.63) is 71.8 Å². The molecule has 0 aliphatic carbocycles. The molecule has 3 nitrogen and oxygen atoms in total. The van der Waals surface area contributed by atoms with E-state index in [0.29, 0.717) is 12.2 Å². The van der Waals surface area contributed by atoms with Gasteiger partial charge in [-0.25, -0.2) is 0 Å². The zero-order valence-corrected chi connectivity index (χ0v) is 14.6. The molecule has 0 N–H and O–H groups in total. The van der Waals surface area contributed by atoms with Crippen LogP contribution in [-0.2, 0) is 9.53 Å². The Balaban J connectivity index is 1.96. The van der Waals surface area contributed by atoms with E-state index in [2.05, 4.69) is 0 Å². The molecule has 0 fully saturated rings. The van der Waals surface area contributed by atoms with Crippen LogP contribution < -0.4 is 0 Å². The van der Waals surface area contributed by atoms with E-state index in [-0.39, 0.29) is 17.0 Å². The van der Waals surface area contributed by atoms with Crippen molar-refractivity contribution in [1.29, 1.82) is 0 Å². The summed E-state index contributed by atoms with van der Waals surface area (Å²) in [6.07, 6.45) is 3.36. The highest BCUT2D eigenvalue weighted by atomic mass is 32.2. The van der Waals surface area contributed by atoms with E-state index in [9.17, 15) is 9.59 Å². The van der Waals surface area contributed by atoms with Gasteiger partial charge in [-0.05, 0) is 37.6 Å². The molecule has 1 unspecified atom stereocenters. The number of benzene rings is 2. The molecule has 1 atom stereocenters. The van der Waals surface area contributed by atoms with Crippen molar-refractivity contribution in [2.24, 2.45) is 0 Å². The molecule has 2 aromatic carbocycles. The molecule has 0 bridgehead atoms. The predicted molar refractivity (Wildman–Crippen MR) is 98.2 cm³/mol. The minimum atomic E-state index is -0.244. The quantitative estimate of drug-likeness (QED) is 0.319. The first-order valence-corrected chi connectivity index (χ1v) is 8.69. The molecule has 0 heterocycles. The van der Waals surface area contributed by atoms with Gasteiger partial charge in [-0.15, -0.1) is 11.8 Å². The van der Waals surface area contributed by atoms with Crippen LogP contribution in [0.3, 0.4) is 0 Å². The Morgan fingerprint density at radius 1 is 1.08 bits per heavy atom. The minimum Gasteiger partial charge on any atom is -0.465 e. The Bertz CT molecular complexity index is 705. The van der Waals surface area contributed by atoms with Gasteiger partial charge in [-0.2, -0.15) is 0 Å². The first-order chi connectivity index (χ1) is 11.6. The smallest absolute Gasteiger partial charge is 0.319 e. The Morgan fingerprint density at radius 3 is 2.38 bits per heavy atom. The molecule has 0 aromatic heterocycles. The number of rotatable bonds is 7. The molecule has 0 spiro atoms. The van der Waals surface area contributed by atoms with Crippen molar-refractivity contribution in [2.75, 3.05) is 6.61 Å². The zero-order valence-electron chi connectivity index (χ0n) is 13.8. The average Bonchev–Trinajstić information content (AvgIpc) is 2.61. The molecule has 124 valence electrons. The third kappa shape index (κ3) is 5.39. The van der Waals surface area contributed by atoms with Gasteiger partial charge in [-0.1, -0.05) is 48.5 Å². The molecule has 0 amide bonds. The zero-order chi connectivity index (χ0) is 17.4. The maximum absolute atomic E-state index is 12.0. The molecule has 2 rings (SSSR count). The second kappa shape index (κ2) is 9.08. The normalized spacial score (nSPS) is 12.1. The summed E-state index contributed by atoms with van der Waals surface area (Å²) in [5.74, 6) is -0.232. The summed E-state index contributed by atoms with van der Waals surface area (Å²) in [4.78, 5) is 24.6. The van der Waals surface area contributed by atoms with E-state index in [0.717, 1.165) is 10.5 Å². The van der Waals surface area contributed by atoms with Crippen molar-refractivity contribution < 1.29 is 14.3 Å². The fraction of sp³-hybridized carbons (Fsp3) is 0.200. The number of ketones is 1. The number of carbonyl (C=O) groups is 2. The predicted octanol–water partition coefficient (Wildman–Crippen LogP) is 4.63. The lowest BCUT2D eigenvalue weighted by Crippen LogP contribution is -2.16. The van der Waals surface area contributed by atoms with Crippen molar-refractivity contribution in [3.8, 4) is 0 Å². The maximum atomic E-state index is 12.0. The number of thioether (sulfide) groups is 1. The van der Waals surface area contributed by atoms with Crippen LogP contribution in [0.4, 0.5) is 0 Å². The monoisotopic (exact) mass is 340 g/mol. The van der Waals surface area contributed by atoms with Gasteiger partial charge in [0.1, 0.15) is 5.25 Å². The summed E-state index contributed by atoms with van der Waals surface area (Å²) in [5.41, 5.74) is 1.61. The largest absolute Gasteiger partial charge is 0.465 e. The Morgan fingerprint density at radius 2 is 1.75 bits per heavy atom. The van der Waals surface area contributed by atoms with Gasteiger partial charge in [0, 0.05) is 10.5 Å². The van der Waals surface area contributed by atoms with Gasteiger partial charge in [-0.3, -0.25) is 9.59 Å². The van der Waals surface area contributed by atoms with Crippen LogP contribution in [-0.4, -0.2) is 23.6 Å². The average molecular weight is 340 g/mol. The van der Waals surface area contributed by atoms with Gasteiger partial charge >= 0.3 is 5.97 Å². The number of esters is 1. The highest BCUT2D eigenvalue weighted by Gasteiger charge is 2.14. The Labute approximate surface area is 146 Å². The van der Waals surface area contributed by atoms with Gasteiger partial charge in [0.05, 0.1) is 6.61 Å². The van der Waals surface area contributed by atoms with Gasteiger partial charge < -0.3 is 4.74 Å². The second-order valence-corrected chi connectivity index (χ2v) is 6.56. The highest BCUT2D eigenvalue weighted by molar-refractivity contribution is 8.00. The standard InChI is InChI=1S/C20H20O3S/c1-3-23-20(22)15(2)24-18-12-9-16(10-13-18)11-14-19(21)17-7-5-4-6-8-17/h4-15H,3H2,1-2H3/b14-11+. The molecule has 0 aliphatic heterocycles. The summed E-state index contributed by atoms with van der Waals surface area (Å²) >= 11 is 1.46. The highest BCUT2D eigenvalue weighted by Crippen LogP contribution is 2.24. The molecule has 4 heteroatoms. The molecular weight excluding hydrogens is 320 g/mol. The summed E-state index contributed by atoms with van der Waals surface area (Å²) in [6.45, 7) is 4.02. The lowest BCUT2D eigenvalue weighted by Gasteiger charge is -2.10.